The van der Waals surface area contributed by atoms with Crippen LogP contribution in [-0.4, -0.2) is 18.1 Å². The van der Waals surface area contributed by atoms with Gasteiger partial charge in [0.05, 0.1) is 16.2 Å². The standard InChI is InChI=1S/C16H15N3O3/c1-12-3-2-4-15(9-12)22-8-7-18-16-6-5-14(19(20)21)10-13(16)11-17/h2-6,9-10,18H,7-8H2,1H3. The highest BCUT2D eigenvalue weighted by atomic mass is 16.6. The van der Waals surface area contributed by atoms with Crippen molar-refractivity contribution in [1.82, 2.24) is 0 Å². The van der Waals surface area contributed by atoms with Crippen LogP contribution >= 0.6 is 0 Å². The third-order valence-electron chi connectivity index (χ3n) is 3.01. The molecule has 0 fully saturated rings. The van der Waals surface area contributed by atoms with E-state index in [0.717, 1.165) is 11.3 Å². The number of nitrogens with zero attached hydrogens (tertiary/aromatic N) is 2. The Balaban J connectivity index is 1.92. The van der Waals surface area contributed by atoms with Gasteiger partial charge in [-0.3, -0.25) is 10.1 Å². The Labute approximate surface area is 128 Å². The van der Waals surface area contributed by atoms with Crippen molar-refractivity contribution in [3.63, 3.8) is 0 Å². The summed E-state index contributed by atoms with van der Waals surface area (Å²) in [6, 6.07) is 13.8. The van der Waals surface area contributed by atoms with Crippen molar-refractivity contribution in [3.8, 4) is 11.8 Å². The average molecular weight is 297 g/mol. The topological polar surface area (TPSA) is 88.2 Å². The smallest absolute Gasteiger partial charge is 0.270 e. The molecule has 0 aliphatic carbocycles. The van der Waals surface area contributed by atoms with Gasteiger partial charge in [-0.15, -0.1) is 0 Å². The molecule has 0 saturated heterocycles. The minimum Gasteiger partial charge on any atom is -0.492 e. The molecule has 0 amide bonds. The number of non-ortho nitro benzene ring substituents is 1. The van der Waals surface area contributed by atoms with Crippen molar-refractivity contribution in [2.75, 3.05) is 18.5 Å². The number of aryl methyl sites for hydroxylation is 1. The number of hydrogen-bond acceptors (Lipinski definition) is 5. The quantitative estimate of drug-likeness (QED) is 0.502. The van der Waals surface area contributed by atoms with Crippen molar-refractivity contribution in [2.45, 2.75) is 6.92 Å². The Morgan fingerprint density at radius 1 is 1.32 bits per heavy atom. The molecule has 0 unspecified atom stereocenters. The fourth-order valence-electron chi connectivity index (χ4n) is 1.95. The molecule has 0 spiro atoms. The second-order valence-electron chi connectivity index (χ2n) is 4.69. The number of hydrogen-bond donors (Lipinski definition) is 1. The predicted octanol–water partition coefficient (Wildman–Crippen LogP) is 3.27. The number of anilines is 1. The van der Waals surface area contributed by atoms with E-state index in [0.29, 0.717) is 18.8 Å². The first-order chi connectivity index (χ1) is 10.6. The molecule has 2 aromatic rings. The molecule has 0 saturated carbocycles. The summed E-state index contributed by atoms with van der Waals surface area (Å²) < 4.78 is 5.59. The van der Waals surface area contributed by atoms with Crippen LogP contribution < -0.4 is 10.1 Å². The van der Waals surface area contributed by atoms with Gasteiger partial charge in [0.1, 0.15) is 18.4 Å². The van der Waals surface area contributed by atoms with Crippen molar-refractivity contribution in [3.05, 3.63) is 63.7 Å². The summed E-state index contributed by atoms with van der Waals surface area (Å²) in [5, 5.41) is 22.8. The largest absolute Gasteiger partial charge is 0.492 e. The van der Waals surface area contributed by atoms with Crippen molar-refractivity contribution < 1.29 is 9.66 Å². The molecule has 0 aliphatic heterocycles. The fourth-order valence-corrected chi connectivity index (χ4v) is 1.95. The Morgan fingerprint density at radius 2 is 2.14 bits per heavy atom. The van der Waals surface area contributed by atoms with Gasteiger partial charge >= 0.3 is 0 Å². The third-order valence-corrected chi connectivity index (χ3v) is 3.01. The number of nitrogens with one attached hydrogen (secondary N) is 1. The number of benzene rings is 2. The molecule has 6 heteroatoms. The highest BCUT2D eigenvalue weighted by molar-refractivity contribution is 5.61. The highest BCUT2D eigenvalue weighted by Crippen LogP contribution is 2.21. The lowest BCUT2D eigenvalue weighted by Gasteiger charge is -2.10. The number of nitro benzene ring substituents is 1. The molecule has 0 aromatic heterocycles. The van der Waals surface area contributed by atoms with Gasteiger partial charge in [-0.25, -0.2) is 0 Å². The molecule has 1 N–H and O–H groups in total. The van der Waals surface area contributed by atoms with Crippen LogP contribution in [0.2, 0.25) is 0 Å². The van der Waals surface area contributed by atoms with E-state index in [-0.39, 0.29) is 11.3 Å². The van der Waals surface area contributed by atoms with Crippen LogP contribution in [0.3, 0.4) is 0 Å². The first-order valence-electron chi connectivity index (χ1n) is 6.72. The number of rotatable bonds is 6. The van der Waals surface area contributed by atoms with E-state index in [1.165, 1.54) is 18.2 Å². The molecular formula is C16H15N3O3. The van der Waals surface area contributed by atoms with Gasteiger partial charge in [0.2, 0.25) is 0 Å². The van der Waals surface area contributed by atoms with Gasteiger partial charge < -0.3 is 10.1 Å². The van der Waals surface area contributed by atoms with E-state index in [2.05, 4.69) is 5.32 Å². The average Bonchev–Trinajstić information content (AvgIpc) is 2.51. The Kier molecular flexibility index (Phi) is 4.94. The van der Waals surface area contributed by atoms with Crippen molar-refractivity contribution >= 4 is 11.4 Å². The summed E-state index contributed by atoms with van der Waals surface area (Å²) in [4.78, 5) is 10.2. The minimum atomic E-state index is -0.522. The summed E-state index contributed by atoms with van der Waals surface area (Å²) in [5.74, 6) is 0.783. The summed E-state index contributed by atoms with van der Waals surface area (Å²) in [6.45, 7) is 2.90. The summed E-state index contributed by atoms with van der Waals surface area (Å²) in [7, 11) is 0. The van der Waals surface area contributed by atoms with Gasteiger partial charge in [0, 0.05) is 18.7 Å². The van der Waals surface area contributed by atoms with Crippen LogP contribution in [0.15, 0.2) is 42.5 Å². The molecule has 22 heavy (non-hydrogen) atoms. The van der Waals surface area contributed by atoms with Crippen LogP contribution in [0.1, 0.15) is 11.1 Å². The lowest BCUT2D eigenvalue weighted by atomic mass is 10.1. The van der Waals surface area contributed by atoms with E-state index in [9.17, 15) is 10.1 Å². The van der Waals surface area contributed by atoms with Gasteiger partial charge in [0.25, 0.3) is 5.69 Å². The van der Waals surface area contributed by atoms with Crippen molar-refractivity contribution in [1.29, 1.82) is 5.26 Å². The van der Waals surface area contributed by atoms with Gasteiger partial charge in [-0.05, 0) is 30.7 Å². The second-order valence-corrected chi connectivity index (χ2v) is 4.69. The normalized spacial score (nSPS) is 9.82. The van der Waals surface area contributed by atoms with Crippen molar-refractivity contribution in [2.24, 2.45) is 0 Å². The summed E-state index contributed by atoms with van der Waals surface area (Å²) >= 11 is 0. The Bertz CT molecular complexity index is 723. The zero-order valence-corrected chi connectivity index (χ0v) is 12.1. The van der Waals surface area contributed by atoms with E-state index in [1.807, 2.05) is 37.3 Å². The Hall–Kier alpha value is -3.07. The first-order valence-corrected chi connectivity index (χ1v) is 6.72. The van der Waals surface area contributed by atoms with Gasteiger partial charge in [-0.1, -0.05) is 12.1 Å². The molecule has 112 valence electrons. The van der Waals surface area contributed by atoms with E-state index in [1.54, 1.807) is 0 Å². The molecule has 6 nitrogen and oxygen atoms in total. The molecule has 0 radical (unpaired) electrons. The Morgan fingerprint density at radius 3 is 2.82 bits per heavy atom. The zero-order valence-electron chi connectivity index (χ0n) is 12.1. The number of ether oxygens (including phenoxy) is 1. The maximum Gasteiger partial charge on any atom is 0.270 e. The third kappa shape index (κ3) is 3.96. The summed E-state index contributed by atoms with van der Waals surface area (Å²) in [6.07, 6.45) is 0. The van der Waals surface area contributed by atoms with Gasteiger partial charge in [0.15, 0.2) is 0 Å². The maximum atomic E-state index is 10.7. The van der Waals surface area contributed by atoms with Gasteiger partial charge in [-0.2, -0.15) is 5.26 Å². The van der Waals surface area contributed by atoms with Crippen LogP contribution in [0, 0.1) is 28.4 Å². The van der Waals surface area contributed by atoms with E-state index < -0.39 is 4.92 Å². The molecule has 0 atom stereocenters. The molecule has 0 bridgehead atoms. The fraction of sp³-hybridized carbons (Fsp3) is 0.188. The second kappa shape index (κ2) is 7.09. The van der Waals surface area contributed by atoms with Crippen LogP contribution in [-0.2, 0) is 0 Å². The lowest BCUT2D eigenvalue weighted by molar-refractivity contribution is -0.384. The predicted molar refractivity (Wildman–Crippen MR) is 83.0 cm³/mol. The highest BCUT2D eigenvalue weighted by Gasteiger charge is 2.10. The van der Waals surface area contributed by atoms with Crippen LogP contribution in [0.5, 0.6) is 5.75 Å². The minimum absolute atomic E-state index is 0.0990. The van der Waals surface area contributed by atoms with E-state index in [4.69, 9.17) is 10.00 Å². The summed E-state index contributed by atoms with van der Waals surface area (Å²) in [5.41, 5.74) is 1.82. The molecule has 2 rings (SSSR count). The molecule has 0 aliphatic rings. The van der Waals surface area contributed by atoms with E-state index >= 15 is 0 Å². The monoisotopic (exact) mass is 297 g/mol. The lowest BCUT2D eigenvalue weighted by Crippen LogP contribution is -2.12. The molecule has 0 heterocycles. The van der Waals surface area contributed by atoms with Crippen LogP contribution in [0.25, 0.3) is 0 Å². The first kappa shape index (κ1) is 15.3. The SMILES string of the molecule is Cc1cccc(OCCNc2ccc([N+](=O)[O-])cc2C#N)c1. The molecule has 2 aromatic carbocycles. The zero-order chi connectivity index (χ0) is 15.9. The number of nitro groups is 1. The van der Waals surface area contributed by atoms with Crippen LogP contribution in [0.4, 0.5) is 11.4 Å². The number of nitriles is 1. The maximum absolute atomic E-state index is 10.7. The molecular weight excluding hydrogens is 282 g/mol.